The van der Waals surface area contributed by atoms with Crippen molar-refractivity contribution in [2.75, 3.05) is 7.11 Å². The van der Waals surface area contributed by atoms with Gasteiger partial charge in [-0.25, -0.2) is 4.39 Å². The minimum absolute atomic E-state index is 0.162. The summed E-state index contributed by atoms with van der Waals surface area (Å²) in [6.45, 7) is 1.81. The lowest BCUT2D eigenvalue weighted by molar-refractivity contribution is 0.0940. The number of ether oxygens (including phenoxy) is 1. The molecule has 0 saturated heterocycles. The second-order valence-electron chi connectivity index (χ2n) is 4.10. The number of methoxy groups -OCH3 is 1. The van der Waals surface area contributed by atoms with Crippen LogP contribution in [0.2, 0.25) is 0 Å². The van der Waals surface area contributed by atoms with Crippen LogP contribution in [0.4, 0.5) is 4.39 Å². The normalized spacial score (nSPS) is 11.9. The molecule has 5 heteroatoms. The smallest absolute Gasteiger partial charge is 0.252 e. The molecule has 1 aromatic carbocycles. The number of amides is 1. The molecule has 100 valence electrons. The van der Waals surface area contributed by atoms with E-state index in [-0.39, 0.29) is 17.7 Å². The first kappa shape index (κ1) is 13.5. The number of rotatable bonds is 4. The largest absolute Gasteiger partial charge is 0.494 e. The second-order valence-corrected chi connectivity index (χ2v) is 4.88. The summed E-state index contributed by atoms with van der Waals surface area (Å²) >= 11 is 1.46. The molecule has 2 aromatic rings. The van der Waals surface area contributed by atoms with Gasteiger partial charge in [0.2, 0.25) is 0 Å². The van der Waals surface area contributed by atoms with E-state index >= 15 is 0 Å². The van der Waals surface area contributed by atoms with Gasteiger partial charge in [-0.05, 0) is 36.1 Å². The number of benzene rings is 1. The number of hydrogen-bond donors (Lipinski definition) is 1. The minimum atomic E-state index is -0.434. The average molecular weight is 279 g/mol. The van der Waals surface area contributed by atoms with E-state index < -0.39 is 5.82 Å². The first-order valence-electron chi connectivity index (χ1n) is 5.78. The number of carbonyl (C=O) groups excluding carboxylic acids is 1. The van der Waals surface area contributed by atoms with Crippen LogP contribution >= 0.6 is 11.3 Å². The molecule has 19 heavy (non-hydrogen) atoms. The molecule has 0 radical (unpaired) electrons. The maximum absolute atomic E-state index is 13.6. The Hall–Kier alpha value is -1.88. The van der Waals surface area contributed by atoms with E-state index in [1.165, 1.54) is 24.5 Å². The summed E-state index contributed by atoms with van der Waals surface area (Å²) in [5.41, 5.74) is 1.31. The Labute approximate surface area is 115 Å². The van der Waals surface area contributed by atoms with Crippen molar-refractivity contribution in [3.8, 4) is 5.75 Å². The van der Waals surface area contributed by atoms with Crippen LogP contribution in [0.15, 0.2) is 35.0 Å². The van der Waals surface area contributed by atoms with E-state index in [2.05, 4.69) is 5.32 Å². The summed E-state index contributed by atoms with van der Waals surface area (Å²) in [6, 6.07) is 6.14. The van der Waals surface area contributed by atoms with Gasteiger partial charge in [-0.15, -0.1) is 0 Å². The van der Waals surface area contributed by atoms with Crippen molar-refractivity contribution < 1.29 is 13.9 Å². The molecule has 0 aliphatic rings. The molecule has 0 saturated carbocycles. The van der Waals surface area contributed by atoms with E-state index in [0.29, 0.717) is 11.1 Å². The molecule has 1 atom stereocenters. The van der Waals surface area contributed by atoms with Gasteiger partial charge in [0.15, 0.2) is 11.6 Å². The van der Waals surface area contributed by atoms with Gasteiger partial charge in [-0.1, -0.05) is 6.07 Å². The highest BCUT2D eigenvalue weighted by atomic mass is 32.1. The van der Waals surface area contributed by atoms with Crippen molar-refractivity contribution in [2.24, 2.45) is 0 Å². The Bertz CT molecular complexity index is 569. The number of nitrogens with one attached hydrogen (secondary N) is 1. The lowest BCUT2D eigenvalue weighted by Gasteiger charge is -2.14. The predicted molar refractivity (Wildman–Crippen MR) is 73.2 cm³/mol. The third-order valence-electron chi connectivity index (χ3n) is 2.81. The molecule has 2 rings (SSSR count). The molecule has 1 heterocycles. The molecule has 1 aromatic heterocycles. The lowest BCUT2D eigenvalue weighted by Crippen LogP contribution is -2.26. The SMILES string of the molecule is COc1ccc([C@@H](C)NC(=O)c2ccsc2)cc1F. The van der Waals surface area contributed by atoms with Gasteiger partial charge in [0, 0.05) is 5.38 Å². The van der Waals surface area contributed by atoms with E-state index in [1.807, 2.05) is 12.3 Å². The van der Waals surface area contributed by atoms with Crippen molar-refractivity contribution in [1.29, 1.82) is 0 Å². The van der Waals surface area contributed by atoms with Crippen molar-refractivity contribution in [2.45, 2.75) is 13.0 Å². The Kier molecular flexibility index (Phi) is 4.16. The second kappa shape index (κ2) is 5.84. The molecular weight excluding hydrogens is 265 g/mol. The van der Waals surface area contributed by atoms with Crippen LogP contribution in [0.3, 0.4) is 0 Å². The maximum atomic E-state index is 13.6. The molecule has 0 fully saturated rings. The van der Waals surface area contributed by atoms with Crippen molar-refractivity contribution in [3.63, 3.8) is 0 Å². The van der Waals surface area contributed by atoms with Crippen LogP contribution in [-0.2, 0) is 0 Å². The summed E-state index contributed by atoms with van der Waals surface area (Å²) in [6.07, 6.45) is 0. The number of hydrogen-bond acceptors (Lipinski definition) is 3. The van der Waals surface area contributed by atoms with E-state index in [9.17, 15) is 9.18 Å². The molecule has 0 bridgehead atoms. The van der Waals surface area contributed by atoms with E-state index in [0.717, 1.165) is 0 Å². The Morgan fingerprint density at radius 1 is 1.42 bits per heavy atom. The van der Waals surface area contributed by atoms with Crippen LogP contribution in [0.1, 0.15) is 28.9 Å². The fraction of sp³-hybridized carbons (Fsp3) is 0.214. The van der Waals surface area contributed by atoms with Crippen molar-refractivity contribution in [1.82, 2.24) is 5.32 Å². The van der Waals surface area contributed by atoms with Crippen LogP contribution in [-0.4, -0.2) is 13.0 Å². The van der Waals surface area contributed by atoms with Crippen molar-refractivity contribution >= 4 is 17.2 Å². The van der Waals surface area contributed by atoms with Crippen LogP contribution in [0.5, 0.6) is 5.75 Å². The molecule has 0 aliphatic carbocycles. The fourth-order valence-corrected chi connectivity index (χ4v) is 2.34. The Balaban J connectivity index is 2.09. The number of thiophene rings is 1. The zero-order chi connectivity index (χ0) is 13.8. The molecule has 0 spiro atoms. The summed E-state index contributed by atoms with van der Waals surface area (Å²) in [7, 11) is 1.42. The third kappa shape index (κ3) is 3.12. The summed E-state index contributed by atoms with van der Waals surface area (Å²) in [4.78, 5) is 11.9. The van der Waals surface area contributed by atoms with Gasteiger partial charge < -0.3 is 10.1 Å². The standard InChI is InChI=1S/C14H14FNO2S/c1-9(16-14(17)11-5-6-19-8-11)10-3-4-13(18-2)12(15)7-10/h3-9H,1-2H3,(H,16,17)/t9-/m1/s1. The van der Waals surface area contributed by atoms with Gasteiger partial charge in [0.25, 0.3) is 5.91 Å². The molecule has 1 N–H and O–H groups in total. The van der Waals surface area contributed by atoms with Gasteiger partial charge >= 0.3 is 0 Å². The summed E-state index contributed by atoms with van der Waals surface area (Å²) in [5.74, 6) is -0.401. The first-order chi connectivity index (χ1) is 9.11. The fourth-order valence-electron chi connectivity index (χ4n) is 1.71. The van der Waals surface area contributed by atoms with Crippen molar-refractivity contribution in [3.05, 3.63) is 52.0 Å². The van der Waals surface area contributed by atoms with Gasteiger partial charge in [-0.3, -0.25) is 4.79 Å². The molecular formula is C14H14FNO2S. The average Bonchev–Trinajstić information content (AvgIpc) is 2.92. The van der Waals surface area contributed by atoms with Crippen LogP contribution in [0, 0.1) is 5.82 Å². The minimum Gasteiger partial charge on any atom is -0.494 e. The monoisotopic (exact) mass is 279 g/mol. The summed E-state index contributed by atoms with van der Waals surface area (Å²) < 4.78 is 18.4. The maximum Gasteiger partial charge on any atom is 0.252 e. The van der Waals surface area contributed by atoms with Crippen LogP contribution in [0.25, 0.3) is 0 Å². The molecule has 3 nitrogen and oxygen atoms in total. The third-order valence-corrected chi connectivity index (χ3v) is 3.49. The number of carbonyl (C=O) groups is 1. The first-order valence-corrected chi connectivity index (χ1v) is 6.72. The quantitative estimate of drug-likeness (QED) is 0.931. The zero-order valence-corrected chi connectivity index (χ0v) is 11.5. The lowest BCUT2D eigenvalue weighted by atomic mass is 10.1. The highest BCUT2D eigenvalue weighted by molar-refractivity contribution is 7.08. The predicted octanol–water partition coefficient (Wildman–Crippen LogP) is 3.39. The molecule has 1 amide bonds. The van der Waals surface area contributed by atoms with Crippen LogP contribution < -0.4 is 10.1 Å². The summed E-state index contributed by atoms with van der Waals surface area (Å²) in [5, 5.41) is 6.44. The molecule has 0 unspecified atom stereocenters. The van der Waals surface area contributed by atoms with E-state index in [1.54, 1.807) is 23.6 Å². The zero-order valence-electron chi connectivity index (χ0n) is 10.6. The Morgan fingerprint density at radius 2 is 2.21 bits per heavy atom. The number of halogens is 1. The highest BCUT2D eigenvalue weighted by Gasteiger charge is 2.13. The van der Waals surface area contributed by atoms with Gasteiger partial charge in [0.05, 0.1) is 18.7 Å². The van der Waals surface area contributed by atoms with E-state index in [4.69, 9.17) is 4.74 Å². The van der Waals surface area contributed by atoms with Gasteiger partial charge in [-0.2, -0.15) is 11.3 Å². The van der Waals surface area contributed by atoms with Gasteiger partial charge in [0.1, 0.15) is 0 Å². The molecule has 0 aliphatic heterocycles. The Morgan fingerprint density at radius 3 is 2.79 bits per heavy atom. The topological polar surface area (TPSA) is 38.3 Å². The highest BCUT2D eigenvalue weighted by Crippen LogP contribution is 2.22.